The zero-order valence-electron chi connectivity index (χ0n) is 23.3. The van der Waals surface area contributed by atoms with Crippen LogP contribution >= 0.6 is 11.3 Å². The van der Waals surface area contributed by atoms with Crippen molar-refractivity contribution >= 4 is 44.0 Å². The first-order chi connectivity index (χ1) is 20.1. The topological polar surface area (TPSA) is 71.6 Å². The first-order valence-corrected chi connectivity index (χ1v) is 15.0. The normalized spacial score (nSPS) is 14.4. The number of aromatic amines is 1. The number of nitrogens with zero attached hydrogens (tertiary/aromatic N) is 2. The average molecular weight is 604 g/mol. The molecule has 3 heterocycles. The largest absolute Gasteiger partial charge is 1.00 e. The van der Waals surface area contributed by atoms with Crippen molar-refractivity contribution in [1.29, 1.82) is 0 Å². The number of pyridine rings is 1. The zero-order valence-corrected chi connectivity index (χ0v) is 24.9. The van der Waals surface area contributed by atoms with Crippen molar-refractivity contribution in [2.75, 3.05) is 51.0 Å². The van der Waals surface area contributed by atoms with Crippen LogP contribution in [0.3, 0.4) is 0 Å². The predicted molar refractivity (Wildman–Crippen MR) is 165 cm³/mol. The average Bonchev–Trinajstić information content (AvgIpc) is 3.50. The molecule has 218 valence electrons. The molecule has 0 saturated carbocycles. The van der Waals surface area contributed by atoms with Crippen molar-refractivity contribution in [2.24, 2.45) is 0 Å². The molecule has 5 aromatic rings. The second-order valence-corrected chi connectivity index (χ2v) is 11.6. The summed E-state index contributed by atoms with van der Waals surface area (Å²) < 4.78 is 14.0. The molecule has 9 heteroatoms. The Morgan fingerprint density at radius 1 is 0.929 bits per heavy atom. The lowest BCUT2D eigenvalue weighted by Gasteiger charge is -2.44. The van der Waals surface area contributed by atoms with Crippen molar-refractivity contribution in [2.45, 2.75) is 12.8 Å². The maximum absolute atomic E-state index is 12.8. The van der Waals surface area contributed by atoms with Gasteiger partial charge in [0.15, 0.2) is 0 Å². The van der Waals surface area contributed by atoms with E-state index >= 15 is 0 Å². The summed E-state index contributed by atoms with van der Waals surface area (Å²) in [6, 6.07) is 27.1. The van der Waals surface area contributed by atoms with Crippen LogP contribution in [0.2, 0.25) is 0 Å². The highest BCUT2D eigenvalue weighted by Gasteiger charge is 2.34. The molecule has 0 radical (unpaired) electrons. The Kier molecular flexibility index (Phi) is 9.47. The SMILES string of the molecule is O=C(OC[N+]1(CCCCOc2ccc3ccc(=O)[nH]c3c2)CCN(c2cccc3sccc23)CC1)c1ccccc1.[Cl-]. The maximum Gasteiger partial charge on any atom is 0.342 e. The van der Waals surface area contributed by atoms with Crippen molar-refractivity contribution in [3.63, 3.8) is 0 Å². The monoisotopic (exact) mass is 603 g/mol. The molecule has 1 saturated heterocycles. The van der Waals surface area contributed by atoms with Gasteiger partial charge in [-0.05, 0) is 72.1 Å². The van der Waals surface area contributed by atoms with Crippen molar-refractivity contribution in [3.8, 4) is 5.75 Å². The minimum absolute atomic E-state index is 0. The van der Waals surface area contributed by atoms with Crippen molar-refractivity contribution in [1.82, 2.24) is 4.98 Å². The highest BCUT2D eigenvalue weighted by atomic mass is 35.5. The summed E-state index contributed by atoms with van der Waals surface area (Å²) in [4.78, 5) is 29.8. The number of H-pyrrole nitrogens is 1. The van der Waals surface area contributed by atoms with Gasteiger partial charge < -0.3 is 31.8 Å². The summed E-state index contributed by atoms with van der Waals surface area (Å²) in [5.74, 6) is 0.475. The molecule has 42 heavy (non-hydrogen) atoms. The summed E-state index contributed by atoms with van der Waals surface area (Å²) in [5.41, 5.74) is 2.52. The summed E-state index contributed by atoms with van der Waals surface area (Å²) in [7, 11) is 0. The molecular formula is C33H34ClN3O4S. The van der Waals surface area contributed by atoms with E-state index in [2.05, 4.69) is 39.5 Å². The number of benzene rings is 3. The third kappa shape index (κ3) is 6.78. The number of quaternary nitrogens is 1. The Morgan fingerprint density at radius 2 is 1.74 bits per heavy atom. The van der Waals surface area contributed by atoms with Crippen LogP contribution in [0.5, 0.6) is 5.75 Å². The number of hydrogen-bond acceptors (Lipinski definition) is 6. The van der Waals surface area contributed by atoms with Gasteiger partial charge in [0.05, 0.1) is 50.4 Å². The molecule has 3 aromatic carbocycles. The van der Waals surface area contributed by atoms with E-state index in [1.807, 2.05) is 42.5 Å². The number of halogens is 1. The van der Waals surface area contributed by atoms with Crippen LogP contribution in [0.1, 0.15) is 23.2 Å². The van der Waals surface area contributed by atoms with Gasteiger partial charge in [-0.2, -0.15) is 0 Å². The molecule has 1 N–H and O–H groups in total. The number of carbonyl (C=O) groups is 1. The fourth-order valence-corrected chi connectivity index (χ4v) is 6.42. The van der Waals surface area contributed by atoms with Gasteiger partial charge in [0.25, 0.3) is 0 Å². The third-order valence-electron chi connectivity index (χ3n) is 7.97. The van der Waals surface area contributed by atoms with Crippen molar-refractivity contribution in [3.05, 3.63) is 106 Å². The molecule has 7 nitrogen and oxygen atoms in total. The van der Waals surface area contributed by atoms with E-state index in [0.717, 1.165) is 66.7 Å². The molecule has 0 unspecified atom stereocenters. The number of ether oxygens (including phenoxy) is 2. The van der Waals surface area contributed by atoms with E-state index in [4.69, 9.17) is 9.47 Å². The Bertz CT molecular complexity index is 1700. The van der Waals surface area contributed by atoms with E-state index in [1.165, 1.54) is 21.8 Å². The Morgan fingerprint density at radius 3 is 2.57 bits per heavy atom. The molecule has 0 amide bonds. The Balaban J connectivity index is 0.00000353. The number of fused-ring (bicyclic) bond motifs is 2. The van der Waals surface area contributed by atoms with E-state index in [1.54, 1.807) is 23.5 Å². The van der Waals surface area contributed by atoms with Crippen LogP contribution in [0.15, 0.2) is 95.1 Å². The standard InChI is InChI=1S/C33H33N3O4S.ClH/c37-32-14-12-25-11-13-27(23-29(25)34-32)39-21-5-4-18-36(24-40-33(38)26-7-2-1-3-8-26)19-16-35(17-20-36)30-9-6-10-31-28(30)15-22-41-31;/h1-3,6-15,22-23H,4-5,16-21,24H2;1H. The number of anilines is 1. The molecule has 1 aliphatic rings. The molecule has 1 aliphatic heterocycles. The third-order valence-corrected chi connectivity index (χ3v) is 8.86. The second kappa shape index (κ2) is 13.4. The van der Waals surface area contributed by atoms with Crippen molar-refractivity contribution < 1.29 is 31.2 Å². The summed E-state index contributed by atoms with van der Waals surface area (Å²) in [6.07, 6.45) is 1.83. The van der Waals surface area contributed by atoms with E-state index < -0.39 is 0 Å². The summed E-state index contributed by atoms with van der Waals surface area (Å²) in [5, 5.41) is 4.44. The Labute approximate surface area is 255 Å². The molecule has 1 fully saturated rings. The molecule has 0 spiro atoms. The lowest BCUT2D eigenvalue weighted by molar-refractivity contribution is -0.944. The number of aromatic nitrogens is 1. The van der Waals surface area contributed by atoms with Crippen LogP contribution in [-0.4, -0.2) is 61.5 Å². The second-order valence-electron chi connectivity index (χ2n) is 10.7. The fraction of sp³-hybridized carbons (Fsp3) is 0.273. The van der Waals surface area contributed by atoms with Gasteiger partial charge in [-0.25, -0.2) is 4.79 Å². The number of esters is 1. The number of hydrogen-bond donors (Lipinski definition) is 1. The minimum atomic E-state index is -0.272. The van der Waals surface area contributed by atoms with Crippen LogP contribution in [0, 0.1) is 0 Å². The van der Waals surface area contributed by atoms with Crippen LogP contribution < -0.4 is 27.6 Å². The number of unbranched alkanes of at least 4 members (excludes halogenated alkanes) is 1. The van der Waals surface area contributed by atoms with E-state index in [0.29, 0.717) is 18.9 Å². The van der Waals surface area contributed by atoms with Gasteiger partial charge in [-0.1, -0.05) is 24.3 Å². The first-order valence-electron chi connectivity index (χ1n) is 14.1. The van der Waals surface area contributed by atoms with Gasteiger partial charge in [0, 0.05) is 27.9 Å². The zero-order chi connectivity index (χ0) is 28.1. The van der Waals surface area contributed by atoms with E-state index in [-0.39, 0.29) is 23.9 Å². The molecular weight excluding hydrogens is 570 g/mol. The molecule has 6 rings (SSSR count). The maximum atomic E-state index is 12.8. The number of carbonyl (C=O) groups excluding carboxylic acids is 1. The molecule has 0 bridgehead atoms. The number of thiophene rings is 1. The first kappa shape index (κ1) is 29.6. The minimum Gasteiger partial charge on any atom is -1.00 e. The number of piperazine rings is 1. The van der Waals surface area contributed by atoms with Crippen LogP contribution in [-0.2, 0) is 4.74 Å². The van der Waals surface area contributed by atoms with Crippen LogP contribution in [0.25, 0.3) is 21.0 Å². The molecule has 0 aliphatic carbocycles. The van der Waals surface area contributed by atoms with Gasteiger partial charge in [0.1, 0.15) is 5.75 Å². The summed E-state index contributed by atoms with van der Waals surface area (Å²) >= 11 is 1.77. The highest BCUT2D eigenvalue weighted by Crippen LogP contribution is 2.32. The predicted octanol–water partition coefficient (Wildman–Crippen LogP) is 3.06. The van der Waals surface area contributed by atoms with Gasteiger partial charge in [0.2, 0.25) is 12.3 Å². The molecule has 2 aromatic heterocycles. The van der Waals surface area contributed by atoms with Gasteiger partial charge in [-0.3, -0.25) is 9.28 Å². The lowest BCUT2D eigenvalue weighted by atomic mass is 10.1. The van der Waals surface area contributed by atoms with Crippen LogP contribution in [0.4, 0.5) is 5.69 Å². The molecule has 0 atom stereocenters. The number of rotatable bonds is 10. The van der Waals surface area contributed by atoms with Gasteiger partial charge in [-0.15, -0.1) is 11.3 Å². The van der Waals surface area contributed by atoms with Gasteiger partial charge >= 0.3 is 5.97 Å². The lowest BCUT2D eigenvalue weighted by Crippen LogP contribution is -3.00. The fourth-order valence-electron chi connectivity index (χ4n) is 5.61. The number of nitrogens with one attached hydrogen (secondary N) is 1. The van der Waals surface area contributed by atoms with E-state index in [9.17, 15) is 9.59 Å². The highest BCUT2D eigenvalue weighted by molar-refractivity contribution is 7.17. The summed E-state index contributed by atoms with van der Waals surface area (Å²) in [6.45, 7) is 5.48. The Hall–Kier alpha value is -3.85. The quantitative estimate of drug-likeness (QED) is 0.151. The smallest absolute Gasteiger partial charge is 0.342 e.